The fourth-order valence-corrected chi connectivity index (χ4v) is 3.39. The summed E-state index contributed by atoms with van der Waals surface area (Å²) in [6.45, 7) is 10.3. The molecule has 0 aromatic carbocycles. The molecular weight excluding hydrogens is 320 g/mol. The van der Waals surface area contributed by atoms with Gasteiger partial charge in [0.2, 0.25) is 11.8 Å². The van der Waals surface area contributed by atoms with Crippen molar-refractivity contribution in [3.8, 4) is 0 Å². The molecule has 2 aromatic heterocycles. The Balaban J connectivity index is 1.58. The maximum atomic E-state index is 12.5. The van der Waals surface area contributed by atoms with Crippen LogP contribution in [0.5, 0.6) is 0 Å². The van der Waals surface area contributed by atoms with Gasteiger partial charge in [-0.2, -0.15) is 5.10 Å². The number of rotatable bonds is 5. The minimum atomic E-state index is -0.216. The van der Waals surface area contributed by atoms with Gasteiger partial charge in [0.15, 0.2) is 0 Å². The van der Waals surface area contributed by atoms with E-state index in [1.807, 2.05) is 32.4 Å². The van der Waals surface area contributed by atoms with Crippen LogP contribution >= 0.6 is 0 Å². The van der Waals surface area contributed by atoms with Crippen LogP contribution in [-0.2, 0) is 11.3 Å². The summed E-state index contributed by atoms with van der Waals surface area (Å²) in [6, 6.07) is 1.51. The molecule has 3 heterocycles. The summed E-state index contributed by atoms with van der Waals surface area (Å²) in [7, 11) is 0. The number of likely N-dealkylation sites (tertiary alicyclic amines) is 1. The first kappa shape index (κ1) is 17.6. The first-order valence-electron chi connectivity index (χ1n) is 8.78. The fraction of sp³-hybridized carbons (Fsp3) is 0.647. The van der Waals surface area contributed by atoms with Gasteiger partial charge in [-0.15, -0.1) is 0 Å². The topological polar surface area (TPSA) is 89.1 Å². The third-order valence-corrected chi connectivity index (χ3v) is 4.75. The molecule has 1 saturated heterocycles. The number of carbonyl (C=O) groups excluding carboxylic acids is 1. The Bertz CT molecular complexity index is 737. The average Bonchev–Trinajstić information content (AvgIpc) is 3.11. The molecule has 1 aliphatic heterocycles. The zero-order valence-corrected chi connectivity index (χ0v) is 15.3. The maximum Gasteiger partial charge on any atom is 0.243 e. The van der Waals surface area contributed by atoms with Gasteiger partial charge in [-0.3, -0.25) is 15.0 Å². The summed E-state index contributed by atoms with van der Waals surface area (Å²) in [5.74, 6) is 2.55. The van der Waals surface area contributed by atoms with Crippen molar-refractivity contribution >= 4 is 11.8 Å². The highest BCUT2D eigenvalue weighted by Gasteiger charge is 2.28. The molecule has 0 aliphatic carbocycles. The van der Waals surface area contributed by atoms with Crippen molar-refractivity contribution in [2.24, 2.45) is 5.92 Å². The summed E-state index contributed by atoms with van der Waals surface area (Å²) in [6.07, 6.45) is 2.22. The van der Waals surface area contributed by atoms with E-state index in [1.54, 1.807) is 6.07 Å². The van der Waals surface area contributed by atoms with E-state index in [0.29, 0.717) is 11.8 Å². The van der Waals surface area contributed by atoms with Gasteiger partial charge >= 0.3 is 0 Å². The van der Waals surface area contributed by atoms with Crippen molar-refractivity contribution in [1.82, 2.24) is 24.8 Å². The summed E-state index contributed by atoms with van der Waals surface area (Å²) >= 11 is 0. The molecule has 136 valence electrons. The molecule has 2 atom stereocenters. The largest absolute Gasteiger partial charge is 0.338 e. The molecule has 25 heavy (non-hydrogen) atoms. The highest BCUT2D eigenvalue weighted by Crippen LogP contribution is 2.21. The second-order valence-electron chi connectivity index (χ2n) is 6.89. The van der Waals surface area contributed by atoms with Gasteiger partial charge in [-0.05, 0) is 53.0 Å². The highest BCUT2D eigenvalue weighted by molar-refractivity contribution is 5.93. The quantitative estimate of drug-likeness (QED) is 0.890. The number of amides is 1. The van der Waals surface area contributed by atoms with Crippen molar-refractivity contribution in [1.29, 1.82) is 0 Å². The Morgan fingerprint density at radius 3 is 2.88 bits per heavy atom. The first-order chi connectivity index (χ1) is 11.9. The number of nitrogens with zero attached hydrogens (tertiary/aromatic N) is 5. The lowest BCUT2D eigenvalue weighted by atomic mass is 9.96. The Morgan fingerprint density at radius 1 is 1.44 bits per heavy atom. The zero-order valence-electron chi connectivity index (χ0n) is 15.3. The van der Waals surface area contributed by atoms with E-state index in [9.17, 15) is 4.79 Å². The Hall–Kier alpha value is -2.22. The lowest BCUT2D eigenvalue weighted by Crippen LogP contribution is -2.47. The lowest BCUT2D eigenvalue weighted by molar-refractivity contribution is -0.121. The van der Waals surface area contributed by atoms with E-state index in [-0.39, 0.29) is 11.9 Å². The third kappa shape index (κ3) is 4.25. The van der Waals surface area contributed by atoms with Crippen molar-refractivity contribution < 1.29 is 9.32 Å². The zero-order chi connectivity index (χ0) is 18.0. The fourth-order valence-electron chi connectivity index (χ4n) is 3.39. The van der Waals surface area contributed by atoms with Crippen molar-refractivity contribution in [2.75, 3.05) is 18.4 Å². The van der Waals surface area contributed by atoms with E-state index >= 15 is 0 Å². The predicted octanol–water partition coefficient (Wildman–Crippen LogP) is 1.93. The Labute approximate surface area is 147 Å². The second-order valence-corrected chi connectivity index (χ2v) is 6.89. The lowest BCUT2D eigenvalue weighted by Gasteiger charge is -2.36. The van der Waals surface area contributed by atoms with Crippen LogP contribution in [0.4, 0.5) is 5.88 Å². The van der Waals surface area contributed by atoms with Gasteiger partial charge < -0.3 is 4.52 Å². The van der Waals surface area contributed by atoms with Crippen LogP contribution < -0.4 is 5.32 Å². The van der Waals surface area contributed by atoms with Crippen LogP contribution in [0.1, 0.15) is 37.1 Å². The number of carbonyl (C=O) groups is 1. The number of nitrogens with one attached hydrogen (secondary N) is 1. The number of anilines is 1. The minimum Gasteiger partial charge on any atom is -0.338 e. The molecule has 1 N–H and O–H groups in total. The maximum absolute atomic E-state index is 12.5. The molecule has 1 amide bonds. The highest BCUT2D eigenvalue weighted by atomic mass is 16.5. The van der Waals surface area contributed by atoms with Crippen LogP contribution in [0, 0.1) is 26.7 Å². The molecule has 1 aliphatic rings. The molecule has 8 heteroatoms. The standard InChI is InChI=1S/C17H26N6O2/c1-11-8-16(25-21-11)19-17(24)12(2)22-7-5-6-15(9-22)10-23-14(4)18-13(3)20-23/h8,12,15H,5-7,9-10H2,1-4H3,(H,19,24)/t12-,15-/m1/s1. The molecule has 0 bridgehead atoms. The normalized spacial score (nSPS) is 19.8. The van der Waals surface area contributed by atoms with Gasteiger partial charge in [0, 0.05) is 19.2 Å². The van der Waals surface area contributed by atoms with Gasteiger partial charge in [0.1, 0.15) is 11.6 Å². The molecule has 0 saturated carbocycles. The average molecular weight is 346 g/mol. The Morgan fingerprint density at radius 2 is 2.24 bits per heavy atom. The number of piperidine rings is 1. The van der Waals surface area contributed by atoms with Crippen LogP contribution in [0.15, 0.2) is 10.6 Å². The van der Waals surface area contributed by atoms with E-state index in [1.165, 1.54) is 0 Å². The summed E-state index contributed by atoms with van der Waals surface area (Å²) < 4.78 is 7.05. The smallest absolute Gasteiger partial charge is 0.243 e. The van der Waals surface area contributed by atoms with E-state index in [0.717, 1.165) is 49.8 Å². The molecular formula is C17H26N6O2. The van der Waals surface area contributed by atoms with Crippen LogP contribution in [0.25, 0.3) is 0 Å². The monoisotopic (exact) mass is 346 g/mol. The summed E-state index contributed by atoms with van der Waals surface area (Å²) in [5.41, 5.74) is 0.750. The van der Waals surface area contributed by atoms with Gasteiger partial charge in [0.05, 0.1) is 11.7 Å². The molecule has 8 nitrogen and oxygen atoms in total. The third-order valence-electron chi connectivity index (χ3n) is 4.75. The van der Waals surface area contributed by atoms with Crippen LogP contribution in [-0.4, -0.2) is 49.9 Å². The van der Waals surface area contributed by atoms with Crippen LogP contribution in [0.2, 0.25) is 0 Å². The van der Waals surface area contributed by atoms with Gasteiger partial charge in [-0.1, -0.05) is 5.16 Å². The van der Waals surface area contributed by atoms with E-state index < -0.39 is 0 Å². The Kier molecular flexibility index (Phi) is 5.17. The van der Waals surface area contributed by atoms with E-state index in [4.69, 9.17) is 4.52 Å². The van der Waals surface area contributed by atoms with Gasteiger partial charge in [-0.25, -0.2) is 9.67 Å². The van der Waals surface area contributed by atoms with Crippen LogP contribution in [0.3, 0.4) is 0 Å². The SMILES string of the molecule is Cc1cc(NC(=O)[C@@H](C)N2CCC[C@@H](Cn3nc(C)nc3C)C2)on1. The summed E-state index contributed by atoms with van der Waals surface area (Å²) in [5, 5.41) is 11.0. The molecule has 0 radical (unpaired) electrons. The number of aromatic nitrogens is 4. The molecule has 0 unspecified atom stereocenters. The number of hydrogen-bond acceptors (Lipinski definition) is 6. The van der Waals surface area contributed by atoms with Gasteiger partial charge in [0.25, 0.3) is 0 Å². The number of hydrogen-bond donors (Lipinski definition) is 1. The first-order valence-corrected chi connectivity index (χ1v) is 8.78. The van der Waals surface area contributed by atoms with Crippen molar-refractivity contribution in [2.45, 2.75) is 53.1 Å². The van der Waals surface area contributed by atoms with Crippen molar-refractivity contribution in [3.05, 3.63) is 23.4 Å². The number of aryl methyl sites for hydroxylation is 3. The van der Waals surface area contributed by atoms with E-state index in [2.05, 4.69) is 25.5 Å². The minimum absolute atomic E-state index is 0.0652. The summed E-state index contributed by atoms with van der Waals surface area (Å²) in [4.78, 5) is 19.1. The second kappa shape index (κ2) is 7.35. The molecule has 3 rings (SSSR count). The van der Waals surface area contributed by atoms with Crippen molar-refractivity contribution in [3.63, 3.8) is 0 Å². The molecule has 2 aromatic rings. The molecule has 0 spiro atoms. The predicted molar refractivity (Wildman–Crippen MR) is 93.1 cm³/mol. The molecule has 1 fully saturated rings.